The van der Waals surface area contributed by atoms with Crippen molar-refractivity contribution in [3.63, 3.8) is 0 Å². The highest BCUT2D eigenvalue weighted by Gasteiger charge is 2.30. The fraction of sp³-hybridized carbons (Fsp3) is 0.421. The summed E-state index contributed by atoms with van der Waals surface area (Å²) in [5.74, 6) is 0.976. The van der Waals surface area contributed by atoms with Crippen molar-refractivity contribution in [2.75, 3.05) is 36.0 Å². The molecule has 9 heteroatoms. The Morgan fingerprint density at radius 2 is 1.09 bits per heavy atom. The lowest BCUT2D eigenvalue weighted by molar-refractivity contribution is 0.0757. The minimum Gasteiger partial charge on any atom is -0.380 e. The molecule has 2 saturated heterocycles. The van der Waals surface area contributed by atoms with Crippen LogP contribution >= 0.6 is 0 Å². The molecule has 1 atom stereocenters. The lowest BCUT2D eigenvalue weighted by atomic mass is 9.86. The second-order valence-corrected chi connectivity index (χ2v) is 11.6. The zero-order chi connectivity index (χ0) is 31.6. The molecule has 0 bridgehead atoms. The minimum atomic E-state index is -1.20. The molecule has 0 saturated carbocycles. The number of aliphatic hydroxyl groups is 1. The number of anilines is 2. The van der Waals surface area contributed by atoms with Crippen LogP contribution in [0.25, 0.3) is 5.57 Å². The quantitative estimate of drug-likeness (QED) is 0.216. The predicted octanol–water partition coefficient (Wildman–Crippen LogP) is 8.58. The van der Waals surface area contributed by atoms with Gasteiger partial charge in [0.2, 0.25) is 11.9 Å². The van der Waals surface area contributed by atoms with Gasteiger partial charge in [-0.2, -0.15) is 0 Å². The average Bonchev–Trinajstić information content (AvgIpc) is 3.11. The van der Waals surface area contributed by atoms with E-state index in [1.54, 1.807) is 36.7 Å². The van der Waals surface area contributed by atoms with Crippen LogP contribution in [-0.2, 0) is 5.60 Å². The van der Waals surface area contributed by atoms with Crippen molar-refractivity contribution in [1.29, 1.82) is 0 Å². The number of benzene rings is 2. The molecule has 1 unspecified atom stereocenters. The molecule has 4 heterocycles. The number of piperidine rings is 2. The molecule has 0 radical (unpaired) electrons. The predicted molar refractivity (Wildman–Crippen MR) is 188 cm³/mol. The smallest absolute Gasteiger partial charge is 0.225 e. The van der Waals surface area contributed by atoms with Gasteiger partial charge < -0.3 is 14.9 Å². The molecule has 0 amide bonds. The SMILES string of the molecule is C.C.C/C=C(\c1ccc(F)cc1)c1cnc(N2CCCCC2)nc1.CCC(O)(c1ccc(F)cc1)c1cnc(N2CCCCC2)nc1. The van der Waals surface area contributed by atoms with Crippen LogP contribution in [0.4, 0.5) is 20.7 Å². The lowest BCUT2D eigenvalue weighted by Crippen LogP contribution is -2.32. The summed E-state index contributed by atoms with van der Waals surface area (Å²) in [5.41, 5.74) is 3.02. The summed E-state index contributed by atoms with van der Waals surface area (Å²) in [5, 5.41) is 11.0. The van der Waals surface area contributed by atoms with Crippen LogP contribution < -0.4 is 9.80 Å². The van der Waals surface area contributed by atoms with Gasteiger partial charge >= 0.3 is 0 Å². The van der Waals surface area contributed by atoms with E-state index in [1.807, 2.05) is 32.3 Å². The number of nitrogens with zero attached hydrogens (tertiary/aromatic N) is 6. The standard InChI is InChI=1S/C18H22FN3O.C18H20FN3.2CH4/c1-2-18(23,14-6-8-16(19)9-7-14)15-12-20-17(21-13-15)22-10-4-3-5-11-22;1-2-17(14-6-8-16(19)9-7-14)15-12-20-18(21-13-15)22-10-4-3-5-11-22;;/h6-9,12-13,23H,2-5,10-11H2,1H3;2,6-9,12-13H,3-5,10-11H2,1H3;2*1H4/b;17-2+;;. The van der Waals surface area contributed by atoms with Crippen LogP contribution in [0.3, 0.4) is 0 Å². The van der Waals surface area contributed by atoms with E-state index in [2.05, 4.69) is 29.7 Å². The molecule has 6 rings (SSSR count). The first-order valence-electron chi connectivity index (χ1n) is 16.0. The fourth-order valence-corrected chi connectivity index (χ4v) is 5.94. The van der Waals surface area contributed by atoms with Crippen LogP contribution in [0.5, 0.6) is 0 Å². The molecular formula is C38H50F2N6O. The van der Waals surface area contributed by atoms with Gasteiger partial charge in [-0.15, -0.1) is 0 Å². The number of rotatable bonds is 7. The number of allylic oxidation sites excluding steroid dienone is 1. The molecule has 2 aromatic carbocycles. The molecule has 2 aromatic heterocycles. The second kappa shape index (κ2) is 17.6. The van der Waals surface area contributed by atoms with Crippen LogP contribution in [0.15, 0.2) is 79.4 Å². The monoisotopic (exact) mass is 644 g/mol. The first kappa shape index (κ1) is 37.2. The van der Waals surface area contributed by atoms with Gasteiger partial charge in [0.15, 0.2) is 0 Å². The van der Waals surface area contributed by atoms with Gasteiger partial charge in [-0.3, -0.25) is 0 Å². The van der Waals surface area contributed by atoms with Crippen molar-refractivity contribution < 1.29 is 13.9 Å². The Hall–Kier alpha value is -4.24. The van der Waals surface area contributed by atoms with Crippen molar-refractivity contribution in [2.24, 2.45) is 0 Å². The Kier molecular flexibility index (Phi) is 13.9. The number of aromatic nitrogens is 4. The Labute approximate surface area is 279 Å². The Morgan fingerprint density at radius 3 is 1.51 bits per heavy atom. The number of hydrogen-bond donors (Lipinski definition) is 1. The van der Waals surface area contributed by atoms with Gasteiger partial charge in [0.1, 0.15) is 17.2 Å². The largest absolute Gasteiger partial charge is 0.380 e. The molecule has 252 valence electrons. The van der Waals surface area contributed by atoms with Crippen LogP contribution in [0.2, 0.25) is 0 Å². The van der Waals surface area contributed by atoms with E-state index >= 15 is 0 Å². The Morgan fingerprint density at radius 1 is 0.660 bits per heavy atom. The summed E-state index contributed by atoms with van der Waals surface area (Å²) in [7, 11) is 0. The van der Waals surface area contributed by atoms with Gasteiger partial charge in [0.25, 0.3) is 0 Å². The fourth-order valence-electron chi connectivity index (χ4n) is 5.94. The van der Waals surface area contributed by atoms with E-state index in [4.69, 9.17) is 0 Å². The third kappa shape index (κ3) is 9.19. The third-order valence-electron chi connectivity index (χ3n) is 8.62. The lowest BCUT2D eigenvalue weighted by Gasteiger charge is -2.29. The van der Waals surface area contributed by atoms with Gasteiger partial charge in [0, 0.05) is 62.1 Å². The third-order valence-corrected chi connectivity index (χ3v) is 8.62. The maximum Gasteiger partial charge on any atom is 0.225 e. The molecule has 2 fully saturated rings. The molecule has 2 aliphatic heterocycles. The van der Waals surface area contributed by atoms with Crippen LogP contribution in [0, 0.1) is 11.6 Å². The van der Waals surface area contributed by atoms with E-state index in [9.17, 15) is 13.9 Å². The molecule has 47 heavy (non-hydrogen) atoms. The average molecular weight is 645 g/mol. The van der Waals surface area contributed by atoms with E-state index in [1.165, 1.54) is 62.8 Å². The summed E-state index contributed by atoms with van der Waals surface area (Å²) in [6, 6.07) is 12.4. The first-order chi connectivity index (χ1) is 21.9. The van der Waals surface area contributed by atoms with Crippen molar-refractivity contribution in [1.82, 2.24) is 19.9 Å². The van der Waals surface area contributed by atoms with Crippen molar-refractivity contribution in [3.05, 3.63) is 113 Å². The van der Waals surface area contributed by atoms with Crippen LogP contribution in [0.1, 0.15) is 95.9 Å². The van der Waals surface area contributed by atoms with Crippen molar-refractivity contribution in [3.8, 4) is 0 Å². The van der Waals surface area contributed by atoms with E-state index < -0.39 is 5.60 Å². The summed E-state index contributed by atoms with van der Waals surface area (Å²) in [4.78, 5) is 22.3. The van der Waals surface area contributed by atoms with E-state index in [0.717, 1.165) is 48.8 Å². The number of halogens is 2. The van der Waals surface area contributed by atoms with Gasteiger partial charge in [-0.25, -0.2) is 28.7 Å². The summed E-state index contributed by atoms with van der Waals surface area (Å²) in [6.45, 7) is 7.89. The summed E-state index contributed by atoms with van der Waals surface area (Å²) < 4.78 is 26.2. The van der Waals surface area contributed by atoms with Crippen molar-refractivity contribution >= 4 is 17.5 Å². The zero-order valence-corrected chi connectivity index (χ0v) is 26.2. The molecule has 7 nitrogen and oxygen atoms in total. The van der Waals surface area contributed by atoms with Gasteiger partial charge in [0.05, 0.1) is 0 Å². The molecular weight excluding hydrogens is 594 g/mol. The molecule has 4 aromatic rings. The molecule has 2 aliphatic rings. The van der Waals surface area contributed by atoms with Gasteiger partial charge in [-0.05, 0) is 92.8 Å². The Bertz CT molecular complexity index is 1520. The molecule has 0 aliphatic carbocycles. The van der Waals surface area contributed by atoms with E-state index in [-0.39, 0.29) is 26.5 Å². The highest BCUT2D eigenvalue weighted by Crippen LogP contribution is 2.33. The van der Waals surface area contributed by atoms with E-state index in [0.29, 0.717) is 23.5 Å². The maximum atomic E-state index is 13.1. The highest BCUT2D eigenvalue weighted by molar-refractivity contribution is 5.79. The first-order valence-corrected chi connectivity index (χ1v) is 16.0. The topological polar surface area (TPSA) is 78.3 Å². The molecule has 1 N–H and O–H groups in total. The minimum absolute atomic E-state index is 0. The molecule has 0 spiro atoms. The second-order valence-electron chi connectivity index (χ2n) is 11.6. The summed E-state index contributed by atoms with van der Waals surface area (Å²) >= 11 is 0. The summed E-state index contributed by atoms with van der Waals surface area (Å²) in [6.07, 6.45) is 16.9. The van der Waals surface area contributed by atoms with Crippen LogP contribution in [-0.4, -0.2) is 51.2 Å². The number of hydrogen-bond acceptors (Lipinski definition) is 7. The normalized spacial score (nSPS) is 16.1. The Balaban J connectivity index is 0.000000245. The zero-order valence-electron chi connectivity index (χ0n) is 26.2. The highest BCUT2D eigenvalue weighted by atomic mass is 19.1. The maximum absolute atomic E-state index is 13.1. The van der Waals surface area contributed by atoms with Gasteiger partial charge in [-0.1, -0.05) is 52.1 Å². The van der Waals surface area contributed by atoms with Crippen molar-refractivity contribution in [2.45, 2.75) is 79.2 Å².